The van der Waals surface area contributed by atoms with Crippen molar-refractivity contribution in [1.29, 1.82) is 0 Å². The molecule has 0 bridgehead atoms. The van der Waals surface area contributed by atoms with Gasteiger partial charge in [0.05, 0.1) is 18.2 Å². The van der Waals surface area contributed by atoms with E-state index in [1.165, 1.54) is 12.1 Å². The molecule has 228 valence electrons. The molecule has 13 heteroatoms. The highest BCUT2D eigenvalue weighted by Gasteiger charge is 2.24. The summed E-state index contributed by atoms with van der Waals surface area (Å²) in [6, 6.07) is 10.7. The molecule has 3 N–H and O–H groups in total. The zero-order valence-corrected chi connectivity index (χ0v) is 24.7. The van der Waals surface area contributed by atoms with Crippen molar-refractivity contribution in [2.75, 3.05) is 13.2 Å². The molecule has 0 saturated heterocycles. The molecule has 4 rings (SSSR count). The van der Waals surface area contributed by atoms with Crippen LogP contribution in [-0.4, -0.2) is 51.4 Å². The summed E-state index contributed by atoms with van der Waals surface area (Å²) in [4.78, 5) is 33.0. The number of nitrogens with two attached hydrogens (primary N) is 1. The Balaban J connectivity index is 1.42. The Labute approximate surface area is 248 Å². The van der Waals surface area contributed by atoms with Crippen LogP contribution in [0.1, 0.15) is 75.2 Å². The molecular weight excluding hydrogens is 559 g/mol. The number of hydrogen-bond acceptors (Lipinski definition) is 11. The SMILES string of the molecule is CCC(Oc1ccc(-c2noc(C(C)C)n2)cc1)c1nc(-c2ccc(C(=O)N[C@@H](COC(=O)CN)C(C)C)c(F)c2)no1. The Kier molecular flexibility index (Phi) is 10.2. The molecule has 0 spiro atoms. The second kappa shape index (κ2) is 14.0. The lowest BCUT2D eigenvalue weighted by Crippen LogP contribution is -2.43. The normalized spacial score (nSPS) is 12.8. The van der Waals surface area contributed by atoms with E-state index in [4.69, 9.17) is 24.3 Å². The Morgan fingerprint density at radius 2 is 1.58 bits per heavy atom. The lowest BCUT2D eigenvalue weighted by Gasteiger charge is -2.22. The van der Waals surface area contributed by atoms with E-state index < -0.39 is 29.8 Å². The van der Waals surface area contributed by atoms with E-state index in [2.05, 4.69) is 25.6 Å². The summed E-state index contributed by atoms with van der Waals surface area (Å²) in [6.07, 6.45) is -0.0297. The predicted molar refractivity (Wildman–Crippen MR) is 153 cm³/mol. The second-order valence-electron chi connectivity index (χ2n) is 10.5. The first-order chi connectivity index (χ1) is 20.6. The number of ether oxygens (including phenoxy) is 2. The van der Waals surface area contributed by atoms with Crippen LogP contribution in [0.15, 0.2) is 51.5 Å². The van der Waals surface area contributed by atoms with Crippen molar-refractivity contribution in [3.63, 3.8) is 0 Å². The fourth-order valence-corrected chi connectivity index (χ4v) is 3.95. The molecule has 2 aromatic carbocycles. The van der Waals surface area contributed by atoms with E-state index in [1.807, 2.05) is 46.8 Å². The monoisotopic (exact) mass is 594 g/mol. The molecule has 12 nitrogen and oxygen atoms in total. The van der Waals surface area contributed by atoms with Crippen molar-refractivity contribution >= 4 is 11.9 Å². The molecule has 2 heterocycles. The van der Waals surface area contributed by atoms with E-state index in [9.17, 15) is 9.59 Å². The van der Waals surface area contributed by atoms with Gasteiger partial charge in [-0.25, -0.2) is 4.39 Å². The van der Waals surface area contributed by atoms with Gasteiger partial charge in [-0.05, 0) is 48.7 Å². The van der Waals surface area contributed by atoms with Crippen molar-refractivity contribution in [3.05, 3.63) is 65.6 Å². The molecule has 2 aromatic heterocycles. The minimum atomic E-state index is -0.770. The minimum Gasteiger partial charge on any atom is -0.481 e. The number of halogens is 1. The predicted octanol–water partition coefficient (Wildman–Crippen LogP) is 4.84. The van der Waals surface area contributed by atoms with Crippen molar-refractivity contribution in [2.24, 2.45) is 11.7 Å². The maximum Gasteiger partial charge on any atom is 0.319 e. The van der Waals surface area contributed by atoms with Crippen LogP contribution >= 0.6 is 0 Å². The van der Waals surface area contributed by atoms with Crippen molar-refractivity contribution in [3.8, 4) is 28.5 Å². The van der Waals surface area contributed by atoms with Crippen LogP contribution in [0.2, 0.25) is 0 Å². The van der Waals surface area contributed by atoms with Crippen molar-refractivity contribution < 1.29 is 32.5 Å². The minimum absolute atomic E-state index is 0.0759. The van der Waals surface area contributed by atoms with E-state index >= 15 is 4.39 Å². The standard InChI is InChI=1S/C30H35FN6O6/c1-6-24(41-20-10-7-18(8-11-20)26-34-29(17(4)5)42-36-26)30-35-27(37-43-30)19-9-12-21(22(31)13-19)28(39)33-23(16(2)3)15-40-25(38)14-32/h7-13,16-17,23-24H,6,14-15,32H2,1-5H3,(H,33,39)/t23-,24?/m0/s1. The van der Waals surface area contributed by atoms with E-state index in [0.717, 1.165) is 11.6 Å². The van der Waals surface area contributed by atoms with E-state index in [-0.39, 0.29) is 42.3 Å². The largest absolute Gasteiger partial charge is 0.481 e. The highest BCUT2D eigenvalue weighted by molar-refractivity contribution is 5.95. The lowest BCUT2D eigenvalue weighted by molar-refractivity contribution is -0.142. The number of benzene rings is 2. The molecule has 0 radical (unpaired) electrons. The van der Waals surface area contributed by atoms with Crippen LogP contribution in [-0.2, 0) is 9.53 Å². The number of nitrogens with zero attached hydrogens (tertiary/aromatic N) is 4. The third-order valence-electron chi connectivity index (χ3n) is 6.60. The first-order valence-corrected chi connectivity index (χ1v) is 14.0. The Hall–Kier alpha value is -4.65. The van der Waals surface area contributed by atoms with E-state index in [1.54, 1.807) is 12.1 Å². The Morgan fingerprint density at radius 1 is 0.953 bits per heavy atom. The molecule has 43 heavy (non-hydrogen) atoms. The fourth-order valence-electron chi connectivity index (χ4n) is 3.95. The van der Waals surface area contributed by atoms with Gasteiger partial charge in [0.2, 0.25) is 17.5 Å². The molecule has 0 fully saturated rings. The molecule has 1 amide bonds. The van der Waals surface area contributed by atoms with Crippen LogP contribution < -0.4 is 15.8 Å². The summed E-state index contributed by atoms with van der Waals surface area (Å²) in [5, 5.41) is 10.7. The highest BCUT2D eigenvalue weighted by Crippen LogP contribution is 2.28. The Morgan fingerprint density at radius 3 is 2.16 bits per heavy atom. The average molecular weight is 595 g/mol. The summed E-state index contributed by atoms with van der Waals surface area (Å²) in [5.74, 6) is 0.0300. The Bertz CT molecular complexity index is 1530. The molecule has 2 atom stereocenters. The number of nitrogens with one attached hydrogen (secondary N) is 1. The first kappa shape index (κ1) is 31.3. The molecule has 0 saturated carbocycles. The third kappa shape index (κ3) is 7.80. The molecule has 1 unspecified atom stereocenters. The number of carbonyl (C=O) groups is 2. The van der Waals surface area contributed by atoms with Gasteiger partial charge in [-0.2, -0.15) is 9.97 Å². The number of esters is 1. The van der Waals surface area contributed by atoms with Crippen molar-refractivity contribution in [2.45, 2.75) is 59.1 Å². The van der Waals surface area contributed by atoms with Crippen LogP contribution in [0.5, 0.6) is 5.75 Å². The maximum atomic E-state index is 15.0. The average Bonchev–Trinajstić information content (AvgIpc) is 3.69. The summed E-state index contributed by atoms with van der Waals surface area (Å²) >= 11 is 0. The third-order valence-corrected chi connectivity index (χ3v) is 6.60. The van der Waals surface area contributed by atoms with Crippen LogP contribution in [0.4, 0.5) is 4.39 Å². The zero-order chi connectivity index (χ0) is 31.1. The van der Waals surface area contributed by atoms with Gasteiger partial charge in [-0.3, -0.25) is 9.59 Å². The van der Waals surface area contributed by atoms with Gasteiger partial charge in [0.15, 0.2) is 6.10 Å². The van der Waals surface area contributed by atoms with Gasteiger partial charge in [0.1, 0.15) is 18.2 Å². The van der Waals surface area contributed by atoms with Gasteiger partial charge in [0.25, 0.3) is 11.8 Å². The fraction of sp³-hybridized carbons (Fsp3) is 0.400. The molecular formula is C30H35FN6O6. The number of carbonyl (C=O) groups excluding carboxylic acids is 2. The number of rotatable bonds is 13. The summed E-state index contributed by atoms with van der Waals surface area (Å²) < 4.78 is 36.9. The van der Waals surface area contributed by atoms with Crippen LogP contribution in [0, 0.1) is 11.7 Å². The van der Waals surface area contributed by atoms with Gasteiger partial charge in [0, 0.05) is 17.0 Å². The van der Waals surface area contributed by atoms with E-state index in [0.29, 0.717) is 29.4 Å². The van der Waals surface area contributed by atoms with Gasteiger partial charge < -0.3 is 29.6 Å². The molecule has 4 aromatic rings. The summed E-state index contributed by atoms with van der Waals surface area (Å²) in [6.45, 7) is 9.20. The van der Waals surface area contributed by atoms with Crippen molar-refractivity contribution in [1.82, 2.24) is 25.6 Å². The lowest BCUT2D eigenvalue weighted by atomic mass is 10.0. The number of hydrogen-bond donors (Lipinski definition) is 2. The van der Waals surface area contributed by atoms with Crippen LogP contribution in [0.25, 0.3) is 22.8 Å². The van der Waals surface area contributed by atoms with Crippen LogP contribution in [0.3, 0.4) is 0 Å². The quantitative estimate of drug-likeness (QED) is 0.203. The zero-order valence-electron chi connectivity index (χ0n) is 24.7. The number of aromatic nitrogens is 4. The van der Waals surface area contributed by atoms with Gasteiger partial charge in [-0.15, -0.1) is 0 Å². The van der Waals surface area contributed by atoms with Gasteiger partial charge in [-0.1, -0.05) is 51.0 Å². The van der Waals surface area contributed by atoms with Gasteiger partial charge >= 0.3 is 5.97 Å². The molecule has 0 aliphatic heterocycles. The highest BCUT2D eigenvalue weighted by atomic mass is 19.1. The smallest absolute Gasteiger partial charge is 0.319 e. The second-order valence-corrected chi connectivity index (χ2v) is 10.5. The summed E-state index contributed by atoms with van der Waals surface area (Å²) in [7, 11) is 0. The first-order valence-electron chi connectivity index (χ1n) is 14.0. The maximum absolute atomic E-state index is 15.0. The molecule has 0 aliphatic rings. The summed E-state index contributed by atoms with van der Waals surface area (Å²) in [5.41, 5.74) is 6.18. The number of amides is 1. The molecule has 0 aliphatic carbocycles. The topological polar surface area (TPSA) is 168 Å².